The second kappa shape index (κ2) is 6.11. The molecule has 0 aromatic carbocycles. The summed E-state index contributed by atoms with van der Waals surface area (Å²) < 4.78 is 61.6. The molecule has 0 heterocycles. The monoisotopic (exact) mass is 304 g/mol. The van der Waals surface area contributed by atoms with E-state index < -0.39 is 37.8 Å². The Balaban J connectivity index is 5.07. The van der Waals surface area contributed by atoms with Crippen molar-refractivity contribution in [1.82, 2.24) is 0 Å². The smallest absolute Gasteiger partial charge is 0.305 e. The SMILES string of the molecule is CC[Si](CC)(CC)C(=O)CC(=O)C(F)(F)C(F)(F)F. The Morgan fingerprint density at radius 1 is 0.895 bits per heavy atom. The third-order valence-electron chi connectivity index (χ3n) is 3.65. The van der Waals surface area contributed by atoms with Gasteiger partial charge < -0.3 is 4.79 Å². The van der Waals surface area contributed by atoms with E-state index in [1.54, 1.807) is 20.8 Å². The van der Waals surface area contributed by atoms with Crippen molar-refractivity contribution in [2.24, 2.45) is 0 Å². The van der Waals surface area contributed by atoms with Crippen LogP contribution in [0.3, 0.4) is 0 Å². The molecule has 0 rings (SSSR count). The van der Waals surface area contributed by atoms with Gasteiger partial charge in [0.2, 0.25) is 5.78 Å². The lowest BCUT2D eigenvalue weighted by Gasteiger charge is -2.26. The summed E-state index contributed by atoms with van der Waals surface area (Å²) in [6, 6.07) is 1.30. The van der Waals surface area contributed by atoms with E-state index in [-0.39, 0.29) is 0 Å². The van der Waals surface area contributed by atoms with E-state index in [4.69, 9.17) is 0 Å². The summed E-state index contributed by atoms with van der Waals surface area (Å²) in [4.78, 5) is 22.9. The Labute approximate surface area is 109 Å². The molecule has 0 aliphatic carbocycles. The largest absolute Gasteiger partial charge is 0.461 e. The molecule has 8 heteroatoms. The molecule has 0 saturated heterocycles. The fourth-order valence-corrected chi connectivity index (χ4v) is 5.16. The number of carbonyl (C=O) groups is 2. The minimum absolute atomic E-state index is 0.434. The second-order valence-corrected chi connectivity index (χ2v) is 9.68. The van der Waals surface area contributed by atoms with Crippen LogP contribution >= 0.6 is 0 Å². The molecular weight excluding hydrogens is 287 g/mol. The summed E-state index contributed by atoms with van der Waals surface area (Å²) in [5.74, 6) is -7.80. The van der Waals surface area contributed by atoms with Gasteiger partial charge in [0.05, 0.1) is 6.42 Å². The van der Waals surface area contributed by atoms with Crippen LogP contribution in [0.2, 0.25) is 18.1 Å². The first-order valence-electron chi connectivity index (χ1n) is 5.99. The van der Waals surface area contributed by atoms with E-state index in [0.717, 1.165) is 0 Å². The van der Waals surface area contributed by atoms with Crippen LogP contribution in [0.5, 0.6) is 0 Å². The van der Waals surface area contributed by atoms with Crippen molar-refractivity contribution in [2.75, 3.05) is 0 Å². The Kier molecular flexibility index (Phi) is 5.85. The van der Waals surface area contributed by atoms with Gasteiger partial charge in [0.1, 0.15) is 13.5 Å². The predicted molar refractivity (Wildman–Crippen MR) is 62.8 cm³/mol. The van der Waals surface area contributed by atoms with Gasteiger partial charge in [0.25, 0.3) is 0 Å². The van der Waals surface area contributed by atoms with Crippen molar-refractivity contribution in [1.29, 1.82) is 0 Å². The topological polar surface area (TPSA) is 34.1 Å². The van der Waals surface area contributed by atoms with Gasteiger partial charge in [-0.2, -0.15) is 22.0 Å². The van der Waals surface area contributed by atoms with Crippen molar-refractivity contribution < 1.29 is 31.5 Å². The van der Waals surface area contributed by atoms with Crippen LogP contribution in [0.25, 0.3) is 0 Å². The highest BCUT2D eigenvalue weighted by molar-refractivity contribution is 7.06. The van der Waals surface area contributed by atoms with Crippen molar-refractivity contribution in [3.8, 4) is 0 Å². The number of hydrogen-bond donors (Lipinski definition) is 0. The average molecular weight is 304 g/mol. The lowest BCUT2D eigenvalue weighted by Crippen LogP contribution is -2.49. The zero-order valence-electron chi connectivity index (χ0n) is 11.0. The van der Waals surface area contributed by atoms with E-state index in [1.165, 1.54) is 0 Å². The Bertz CT molecular complexity index is 327. The molecule has 0 aromatic rings. The van der Waals surface area contributed by atoms with Gasteiger partial charge in [-0.3, -0.25) is 4.79 Å². The third kappa shape index (κ3) is 3.61. The number of hydrogen-bond acceptors (Lipinski definition) is 2. The van der Waals surface area contributed by atoms with E-state index in [0.29, 0.717) is 18.1 Å². The second-order valence-electron chi connectivity index (χ2n) is 4.44. The first-order valence-corrected chi connectivity index (χ1v) is 8.61. The predicted octanol–water partition coefficient (Wildman–Crippen LogP) is 3.76. The van der Waals surface area contributed by atoms with Gasteiger partial charge in [-0.05, 0) is 0 Å². The van der Waals surface area contributed by atoms with Crippen LogP contribution in [-0.4, -0.2) is 31.4 Å². The molecule has 0 radical (unpaired) electrons. The maximum atomic E-state index is 12.8. The molecule has 0 atom stereocenters. The fourth-order valence-electron chi connectivity index (χ4n) is 1.94. The lowest BCUT2D eigenvalue weighted by molar-refractivity contribution is -0.268. The lowest BCUT2D eigenvalue weighted by atomic mass is 10.1. The van der Waals surface area contributed by atoms with Gasteiger partial charge in [-0.25, -0.2) is 0 Å². The van der Waals surface area contributed by atoms with Gasteiger partial charge in [-0.1, -0.05) is 38.9 Å². The van der Waals surface area contributed by atoms with Crippen LogP contribution in [0, 0.1) is 0 Å². The molecule has 112 valence electrons. The highest BCUT2D eigenvalue weighted by Gasteiger charge is 2.63. The number of rotatable bonds is 7. The summed E-state index contributed by atoms with van der Waals surface area (Å²) in [5.41, 5.74) is 0. The van der Waals surface area contributed by atoms with Crippen LogP contribution in [0.15, 0.2) is 0 Å². The summed E-state index contributed by atoms with van der Waals surface area (Å²) in [7, 11) is -2.58. The zero-order valence-corrected chi connectivity index (χ0v) is 12.0. The maximum Gasteiger partial charge on any atom is 0.461 e. The van der Waals surface area contributed by atoms with E-state index in [9.17, 15) is 31.5 Å². The molecule has 0 spiro atoms. The molecule has 19 heavy (non-hydrogen) atoms. The van der Waals surface area contributed by atoms with Crippen molar-refractivity contribution >= 4 is 19.3 Å². The molecular formula is C11H17F5O2Si. The molecule has 0 saturated carbocycles. The molecule has 0 fully saturated rings. The number of halogens is 5. The van der Waals surface area contributed by atoms with Crippen molar-refractivity contribution in [3.63, 3.8) is 0 Å². The summed E-state index contributed by atoms with van der Waals surface area (Å²) in [6.45, 7) is 5.09. The standard InChI is InChI=1S/C11H17F5O2Si/c1-4-19(5-2,6-3)9(18)7-8(17)10(12,13)11(14,15)16/h4-7H2,1-3H3. The first kappa shape index (κ1) is 18.2. The van der Waals surface area contributed by atoms with Crippen molar-refractivity contribution in [3.05, 3.63) is 0 Å². The molecule has 0 aliphatic rings. The van der Waals surface area contributed by atoms with E-state index in [1.807, 2.05) is 0 Å². The van der Waals surface area contributed by atoms with E-state index >= 15 is 0 Å². The van der Waals surface area contributed by atoms with Crippen LogP contribution in [0.4, 0.5) is 22.0 Å². The minimum atomic E-state index is -5.95. The molecule has 0 aliphatic heterocycles. The average Bonchev–Trinajstić information content (AvgIpc) is 2.30. The zero-order chi connectivity index (χ0) is 15.5. The first-order chi connectivity index (χ1) is 8.48. The van der Waals surface area contributed by atoms with Gasteiger partial charge in [0.15, 0.2) is 0 Å². The Morgan fingerprint density at radius 3 is 1.53 bits per heavy atom. The molecule has 0 N–H and O–H groups in total. The number of ketones is 1. The van der Waals surface area contributed by atoms with E-state index in [2.05, 4.69) is 0 Å². The molecule has 0 unspecified atom stereocenters. The molecule has 0 amide bonds. The Hall–Kier alpha value is -0.793. The number of Topliss-reactive ketones (excluding diaryl/α,β-unsaturated/α-hetero) is 1. The van der Waals surface area contributed by atoms with Gasteiger partial charge in [-0.15, -0.1) is 0 Å². The number of alkyl halides is 5. The van der Waals surface area contributed by atoms with Crippen LogP contribution in [0.1, 0.15) is 27.2 Å². The normalized spacial score (nSPS) is 13.5. The highest BCUT2D eigenvalue weighted by atomic mass is 28.3. The van der Waals surface area contributed by atoms with Crippen molar-refractivity contribution in [2.45, 2.75) is 57.4 Å². The minimum Gasteiger partial charge on any atom is -0.305 e. The fraction of sp³-hybridized carbons (Fsp3) is 0.818. The summed E-state index contributed by atoms with van der Waals surface area (Å²) in [6.07, 6.45) is -7.27. The van der Waals surface area contributed by atoms with Gasteiger partial charge >= 0.3 is 12.1 Å². The summed E-state index contributed by atoms with van der Waals surface area (Å²) in [5, 5.41) is -0.714. The number of carbonyl (C=O) groups excluding carboxylic acids is 2. The molecule has 2 nitrogen and oxygen atoms in total. The third-order valence-corrected chi connectivity index (χ3v) is 9.07. The summed E-state index contributed by atoms with van der Waals surface area (Å²) >= 11 is 0. The molecule has 0 bridgehead atoms. The maximum absolute atomic E-state index is 12.8. The van der Waals surface area contributed by atoms with Crippen LogP contribution < -0.4 is 0 Å². The quantitative estimate of drug-likeness (QED) is 0.408. The molecule has 0 aromatic heterocycles. The highest BCUT2D eigenvalue weighted by Crippen LogP contribution is 2.37. The van der Waals surface area contributed by atoms with Gasteiger partial charge in [0, 0.05) is 0 Å². The van der Waals surface area contributed by atoms with Crippen LogP contribution in [-0.2, 0) is 9.59 Å². The Morgan fingerprint density at radius 2 is 1.26 bits per heavy atom.